The first-order valence-corrected chi connectivity index (χ1v) is 5.70. The second-order valence-electron chi connectivity index (χ2n) is 4.29. The van der Waals surface area contributed by atoms with Gasteiger partial charge in [-0.25, -0.2) is 0 Å². The van der Waals surface area contributed by atoms with Gasteiger partial charge in [-0.1, -0.05) is 6.07 Å². The van der Waals surface area contributed by atoms with Crippen LogP contribution in [0.1, 0.15) is 18.4 Å². The molecule has 0 aliphatic carbocycles. The fourth-order valence-electron chi connectivity index (χ4n) is 1.68. The highest BCUT2D eigenvalue weighted by Crippen LogP contribution is 2.25. The highest BCUT2D eigenvalue weighted by atomic mass is 16.4. The predicted octanol–water partition coefficient (Wildman–Crippen LogP) is 1.86. The monoisotopic (exact) mass is 250 g/mol. The Morgan fingerprint density at radius 3 is 2.50 bits per heavy atom. The molecule has 2 N–H and O–H groups in total. The Kier molecular flexibility index (Phi) is 4.71. The van der Waals surface area contributed by atoms with E-state index >= 15 is 0 Å². The Morgan fingerprint density at radius 2 is 1.94 bits per heavy atom. The lowest BCUT2D eigenvalue weighted by molar-refractivity contribution is -0.138. The number of carboxylic acids is 1. The number of carbonyl (C=O) groups is 2. The summed E-state index contributed by atoms with van der Waals surface area (Å²) in [5.74, 6) is -1.25. The minimum atomic E-state index is -0.969. The van der Waals surface area contributed by atoms with Crippen LogP contribution >= 0.6 is 0 Å². The fourth-order valence-corrected chi connectivity index (χ4v) is 1.68. The maximum Gasteiger partial charge on any atom is 0.303 e. The number of hydrogen-bond donors (Lipinski definition) is 2. The summed E-state index contributed by atoms with van der Waals surface area (Å²) in [6, 6.07) is 5.62. The minimum absolute atomic E-state index is 0.0129. The molecule has 0 atom stereocenters. The molecule has 1 rings (SSSR count). The lowest BCUT2D eigenvalue weighted by Crippen LogP contribution is -2.16. The molecule has 0 saturated carbocycles. The van der Waals surface area contributed by atoms with E-state index in [1.165, 1.54) is 0 Å². The van der Waals surface area contributed by atoms with E-state index < -0.39 is 5.97 Å². The van der Waals surface area contributed by atoms with Crippen LogP contribution in [0.25, 0.3) is 0 Å². The highest BCUT2D eigenvalue weighted by Gasteiger charge is 2.09. The van der Waals surface area contributed by atoms with Gasteiger partial charge in [0.2, 0.25) is 5.91 Å². The molecular weight excluding hydrogens is 232 g/mol. The summed E-state index contributed by atoms with van der Waals surface area (Å²) in [7, 11) is 3.86. The number of carboxylic acid groups (broad SMARTS) is 1. The normalized spacial score (nSPS) is 9.94. The number of aliphatic carboxylic acids is 1. The average molecular weight is 250 g/mol. The number of anilines is 2. The van der Waals surface area contributed by atoms with E-state index in [4.69, 9.17) is 5.11 Å². The molecule has 0 fully saturated rings. The molecule has 0 heterocycles. The molecule has 0 aliphatic rings. The summed E-state index contributed by atoms with van der Waals surface area (Å²) in [5, 5.41) is 11.2. The van der Waals surface area contributed by atoms with Gasteiger partial charge in [-0.15, -0.1) is 0 Å². The van der Waals surface area contributed by atoms with Crippen molar-refractivity contribution in [3.8, 4) is 0 Å². The van der Waals surface area contributed by atoms with Crippen LogP contribution in [0.3, 0.4) is 0 Å². The molecule has 0 radical (unpaired) electrons. The maximum absolute atomic E-state index is 11.6. The van der Waals surface area contributed by atoms with E-state index in [1.807, 2.05) is 38.1 Å². The van der Waals surface area contributed by atoms with Crippen molar-refractivity contribution in [3.63, 3.8) is 0 Å². The lowest BCUT2D eigenvalue weighted by atomic mass is 10.1. The zero-order valence-electron chi connectivity index (χ0n) is 10.9. The van der Waals surface area contributed by atoms with E-state index in [1.54, 1.807) is 6.07 Å². The first kappa shape index (κ1) is 14.0. The van der Waals surface area contributed by atoms with Crippen LogP contribution in [0.2, 0.25) is 0 Å². The molecule has 0 bridgehead atoms. The van der Waals surface area contributed by atoms with Gasteiger partial charge in [0, 0.05) is 31.9 Å². The predicted molar refractivity (Wildman–Crippen MR) is 71.0 cm³/mol. The Hall–Kier alpha value is -2.04. The molecule has 5 nitrogen and oxygen atoms in total. The van der Waals surface area contributed by atoms with Crippen molar-refractivity contribution < 1.29 is 14.7 Å². The van der Waals surface area contributed by atoms with Gasteiger partial charge in [0.15, 0.2) is 0 Å². The summed E-state index contributed by atoms with van der Waals surface area (Å²) in [6.07, 6.45) is -0.167. The van der Waals surface area contributed by atoms with Crippen LogP contribution < -0.4 is 10.2 Å². The first-order chi connectivity index (χ1) is 8.41. The Labute approximate surface area is 106 Å². The van der Waals surface area contributed by atoms with Gasteiger partial charge >= 0.3 is 5.97 Å². The molecule has 1 amide bonds. The van der Waals surface area contributed by atoms with Crippen LogP contribution in [0.15, 0.2) is 18.2 Å². The van der Waals surface area contributed by atoms with Gasteiger partial charge in [0.1, 0.15) is 0 Å². The molecular formula is C13H18N2O3. The standard InChI is InChI=1S/C13H18N2O3/c1-9-10(5-4-6-11(9)15(2)3)14-12(16)7-8-13(17)18/h4-6H,7-8H2,1-3H3,(H,14,16)(H,17,18). The van der Waals surface area contributed by atoms with Crippen LogP contribution in [-0.4, -0.2) is 31.1 Å². The van der Waals surface area contributed by atoms with Crippen LogP contribution in [-0.2, 0) is 9.59 Å². The van der Waals surface area contributed by atoms with Crippen molar-refractivity contribution >= 4 is 23.3 Å². The summed E-state index contributed by atoms with van der Waals surface area (Å²) in [6.45, 7) is 1.92. The van der Waals surface area contributed by atoms with E-state index in [2.05, 4.69) is 5.32 Å². The number of amides is 1. The van der Waals surface area contributed by atoms with Gasteiger partial charge in [-0.2, -0.15) is 0 Å². The minimum Gasteiger partial charge on any atom is -0.481 e. The molecule has 0 spiro atoms. The molecule has 0 unspecified atom stereocenters. The number of nitrogens with one attached hydrogen (secondary N) is 1. The largest absolute Gasteiger partial charge is 0.481 e. The third kappa shape index (κ3) is 3.76. The van der Waals surface area contributed by atoms with Crippen LogP contribution in [0, 0.1) is 6.92 Å². The van der Waals surface area contributed by atoms with Gasteiger partial charge in [0.25, 0.3) is 0 Å². The van der Waals surface area contributed by atoms with Gasteiger partial charge < -0.3 is 15.3 Å². The van der Waals surface area contributed by atoms with Crippen molar-refractivity contribution in [2.75, 3.05) is 24.3 Å². The second-order valence-corrected chi connectivity index (χ2v) is 4.29. The fraction of sp³-hybridized carbons (Fsp3) is 0.385. The topological polar surface area (TPSA) is 69.6 Å². The van der Waals surface area contributed by atoms with E-state index in [9.17, 15) is 9.59 Å². The van der Waals surface area contributed by atoms with Crippen LogP contribution in [0.5, 0.6) is 0 Å². The summed E-state index contributed by atoms with van der Waals surface area (Å²) >= 11 is 0. The average Bonchev–Trinajstić information content (AvgIpc) is 2.29. The van der Waals surface area contributed by atoms with Gasteiger partial charge in [-0.05, 0) is 24.6 Å². The van der Waals surface area contributed by atoms with E-state index in [0.717, 1.165) is 16.9 Å². The Bertz CT molecular complexity index is 456. The van der Waals surface area contributed by atoms with Gasteiger partial charge in [0.05, 0.1) is 6.42 Å². The lowest BCUT2D eigenvalue weighted by Gasteiger charge is -2.18. The number of rotatable bonds is 5. The highest BCUT2D eigenvalue weighted by molar-refractivity contribution is 5.93. The molecule has 0 saturated heterocycles. The van der Waals surface area contributed by atoms with E-state index in [0.29, 0.717) is 0 Å². The molecule has 1 aromatic carbocycles. The van der Waals surface area contributed by atoms with E-state index in [-0.39, 0.29) is 18.7 Å². The second kappa shape index (κ2) is 6.05. The number of benzene rings is 1. The van der Waals surface area contributed by atoms with Crippen molar-refractivity contribution in [1.29, 1.82) is 0 Å². The smallest absolute Gasteiger partial charge is 0.303 e. The van der Waals surface area contributed by atoms with Gasteiger partial charge in [-0.3, -0.25) is 9.59 Å². The summed E-state index contributed by atoms with van der Waals surface area (Å²) < 4.78 is 0. The van der Waals surface area contributed by atoms with Crippen LogP contribution in [0.4, 0.5) is 11.4 Å². The van der Waals surface area contributed by atoms with Crippen molar-refractivity contribution in [2.45, 2.75) is 19.8 Å². The quantitative estimate of drug-likeness (QED) is 0.837. The van der Waals surface area contributed by atoms with Crippen molar-refractivity contribution in [3.05, 3.63) is 23.8 Å². The number of nitrogens with zero attached hydrogens (tertiary/aromatic N) is 1. The molecule has 1 aromatic rings. The molecule has 5 heteroatoms. The first-order valence-electron chi connectivity index (χ1n) is 5.70. The Morgan fingerprint density at radius 1 is 1.28 bits per heavy atom. The maximum atomic E-state index is 11.6. The number of carbonyl (C=O) groups excluding carboxylic acids is 1. The third-order valence-corrected chi connectivity index (χ3v) is 2.63. The molecule has 18 heavy (non-hydrogen) atoms. The molecule has 0 aliphatic heterocycles. The SMILES string of the molecule is Cc1c(NC(=O)CCC(=O)O)cccc1N(C)C. The summed E-state index contributed by atoms with van der Waals surface area (Å²) in [4.78, 5) is 23.9. The molecule has 0 aromatic heterocycles. The third-order valence-electron chi connectivity index (χ3n) is 2.63. The molecule has 98 valence electrons. The zero-order chi connectivity index (χ0) is 13.7. The number of hydrogen-bond acceptors (Lipinski definition) is 3. The summed E-state index contributed by atoms with van der Waals surface area (Å²) in [5.41, 5.74) is 2.70. The Balaban J connectivity index is 2.76. The zero-order valence-corrected chi connectivity index (χ0v) is 10.9. The van der Waals surface area contributed by atoms with Crippen molar-refractivity contribution in [1.82, 2.24) is 0 Å². The van der Waals surface area contributed by atoms with Crippen molar-refractivity contribution in [2.24, 2.45) is 0 Å².